The molecule has 3 nitrogen and oxygen atoms in total. The molecule has 3 rings (SSSR count). The van der Waals surface area contributed by atoms with Crippen LogP contribution in [-0.4, -0.2) is 16.1 Å². The Morgan fingerprint density at radius 3 is 3.22 bits per heavy atom. The molecule has 1 aliphatic rings. The second-order valence-electron chi connectivity index (χ2n) is 4.89. The van der Waals surface area contributed by atoms with E-state index in [1.807, 2.05) is 5.51 Å². The highest BCUT2D eigenvalue weighted by atomic mass is 32.1. The Morgan fingerprint density at radius 2 is 2.44 bits per heavy atom. The Hall–Kier alpha value is -1.13. The number of rotatable bonds is 4. The quantitative estimate of drug-likeness (QED) is 0.917. The Bertz CT molecular complexity index is 501. The molecule has 0 saturated heterocycles. The van der Waals surface area contributed by atoms with Crippen molar-refractivity contribution in [3.05, 3.63) is 40.1 Å². The predicted molar refractivity (Wildman–Crippen MR) is 75.0 cm³/mol. The van der Waals surface area contributed by atoms with E-state index in [-0.39, 0.29) is 0 Å². The summed E-state index contributed by atoms with van der Waals surface area (Å²) in [4.78, 5) is 4.36. The van der Waals surface area contributed by atoms with Gasteiger partial charge < -0.3 is 9.88 Å². The minimum atomic E-state index is 0.551. The average Bonchev–Trinajstić information content (AvgIpc) is 2.99. The summed E-state index contributed by atoms with van der Waals surface area (Å²) >= 11 is 1.67. The molecule has 96 valence electrons. The smallest absolute Gasteiger partial charge is 0.0795 e. The lowest BCUT2D eigenvalue weighted by Crippen LogP contribution is -2.23. The molecule has 0 amide bonds. The molecular formula is C14H19N3S. The Morgan fingerprint density at radius 1 is 1.50 bits per heavy atom. The summed E-state index contributed by atoms with van der Waals surface area (Å²) in [7, 11) is 0. The van der Waals surface area contributed by atoms with E-state index in [0.717, 1.165) is 18.8 Å². The average molecular weight is 261 g/mol. The van der Waals surface area contributed by atoms with Crippen LogP contribution in [0.25, 0.3) is 0 Å². The third-order valence-corrected chi connectivity index (χ3v) is 4.23. The first-order valence-corrected chi connectivity index (χ1v) is 7.60. The molecule has 0 fully saturated rings. The van der Waals surface area contributed by atoms with Crippen molar-refractivity contribution in [1.82, 2.24) is 14.9 Å². The summed E-state index contributed by atoms with van der Waals surface area (Å²) in [6.45, 7) is 4.12. The summed E-state index contributed by atoms with van der Waals surface area (Å²) in [5.74, 6) is 0. The second kappa shape index (κ2) is 5.24. The summed E-state index contributed by atoms with van der Waals surface area (Å²) < 4.78 is 2.29. The van der Waals surface area contributed by atoms with Gasteiger partial charge in [0.2, 0.25) is 0 Å². The first-order valence-electron chi connectivity index (χ1n) is 6.66. The Balaban J connectivity index is 1.82. The van der Waals surface area contributed by atoms with Crippen LogP contribution in [0.2, 0.25) is 0 Å². The molecule has 1 unspecified atom stereocenters. The van der Waals surface area contributed by atoms with E-state index >= 15 is 0 Å². The van der Waals surface area contributed by atoms with Crippen LogP contribution in [0.4, 0.5) is 0 Å². The lowest BCUT2D eigenvalue weighted by molar-refractivity contribution is 0.473. The third-order valence-electron chi connectivity index (χ3n) is 3.59. The van der Waals surface area contributed by atoms with Crippen molar-refractivity contribution in [2.24, 2.45) is 0 Å². The number of nitrogens with zero attached hydrogens (tertiary/aromatic N) is 2. The number of fused-ring (bicyclic) bond motifs is 1. The van der Waals surface area contributed by atoms with E-state index in [0.29, 0.717) is 6.04 Å². The van der Waals surface area contributed by atoms with Gasteiger partial charge in [0.05, 0.1) is 17.7 Å². The highest BCUT2D eigenvalue weighted by molar-refractivity contribution is 7.07. The van der Waals surface area contributed by atoms with Crippen LogP contribution in [0.1, 0.15) is 42.6 Å². The summed E-state index contributed by atoms with van der Waals surface area (Å²) in [5.41, 5.74) is 6.08. The highest BCUT2D eigenvalue weighted by Crippen LogP contribution is 2.30. The molecule has 0 aromatic carbocycles. The van der Waals surface area contributed by atoms with E-state index in [1.54, 1.807) is 11.3 Å². The van der Waals surface area contributed by atoms with Crippen molar-refractivity contribution in [2.45, 2.75) is 38.8 Å². The predicted octanol–water partition coefficient (Wildman–Crippen LogP) is 2.98. The molecule has 0 saturated carbocycles. The fraction of sp³-hybridized carbons (Fsp3) is 0.500. The zero-order valence-corrected chi connectivity index (χ0v) is 11.5. The molecule has 4 heteroatoms. The van der Waals surface area contributed by atoms with Gasteiger partial charge in [-0.15, -0.1) is 11.3 Å². The van der Waals surface area contributed by atoms with Gasteiger partial charge in [0.1, 0.15) is 0 Å². The van der Waals surface area contributed by atoms with Crippen molar-refractivity contribution in [2.75, 3.05) is 6.54 Å². The number of hydrogen-bond acceptors (Lipinski definition) is 3. The van der Waals surface area contributed by atoms with Crippen LogP contribution in [-0.2, 0) is 13.0 Å². The van der Waals surface area contributed by atoms with Gasteiger partial charge in [0.25, 0.3) is 0 Å². The van der Waals surface area contributed by atoms with Crippen molar-refractivity contribution < 1.29 is 0 Å². The standard InChI is InChI=1S/C14H19N3S/c1-2-15-14-5-3-4-11-6-17(8-13(11)14)7-12-9-18-10-16-12/h6,8-10,14-15H,2-5,7H2,1H3. The van der Waals surface area contributed by atoms with Crippen LogP contribution in [0.3, 0.4) is 0 Å². The summed E-state index contributed by atoms with van der Waals surface area (Å²) in [5, 5.41) is 5.71. The van der Waals surface area contributed by atoms with Crippen LogP contribution in [0, 0.1) is 0 Å². The molecule has 0 spiro atoms. The third kappa shape index (κ3) is 2.35. The Labute approximate surface area is 112 Å². The number of aryl methyl sites for hydroxylation is 1. The number of hydrogen-bond donors (Lipinski definition) is 1. The van der Waals surface area contributed by atoms with Crippen LogP contribution >= 0.6 is 11.3 Å². The van der Waals surface area contributed by atoms with Crippen LogP contribution < -0.4 is 5.32 Å². The maximum absolute atomic E-state index is 4.36. The van der Waals surface area contributed by atoms with Crippen molar-refractivity contribution in [1.29, 1.82) is 0 Å². The van der Waals surface area contributed by atoms with E-state index in [2.05, 4.69) is 39.6 Å². The Kier molecular flexibility index (Phi) is 3.48. The van der Waals surface area contributed by atoms with Crippen molar-refractivity contribution in [3.8, 4) is 0 Å². The number of nitrogens with one attached hydrogen (secondary N) is 1. The number of aromatic nitrogens is 2. The van der Waals surface area contributed by atoms with Gasteiger partial charge in [-0.3, -0.25) is 0 Å². The highest BCUT2D eigenvalue weighted by Gasteiger charge is 2.21. The maximum Gasteiger partial charge on any atom is 0.0795 e. The van der Waals surface area contributed by atoms with E-state index in [1.165, 1.54) is 30.4 Å². The molecule has 2 aromatic rings. The first-order chi connectivity index (χ1) is 8.86. The van der Waals surface area contributed by atoms with Crippen LogP contribution in [0.5, 0.6) is 0 Å². The molecule has 0 radical (unpaired) electrons. The largest absolute Gasteiger partial charge is 0.348 e. The molecule has 0 bridgehead atoms. The molecule has 18 heavy (non-hydrogen) atoms. The molecule has 1 N–H and O–H groups in total. The molecule has 1 aliphatic carbocycles. The van der Waals surface area contributed by atoms with Crippen LogP contribution in [0.15, 0.2) is 23.3 Å². The number of thiazole rings is 1. The maximum atomic E-state index is 4.36. The van der Waals surface area contributed by atoms with Gasteiger partial charge in [0.15, 0.2) is 0 Å². The van der Waals surface area contributed by atoms with Gasteiger partial charge in [-0.05, 0) is 36.9 Å². The van der Waals surface area contributed by atoms with E-state index < -0.39 is 0 Å². The normalized spacial score (nSPS) is 18.8. The van der Waals surface area contributed by atoms with Gasteiger partial charge in [-0.25, -0.2) is 4.98 Å². The molecule has 0 aliphatic heterocycles. The minimum absolute atomic E-state index is 0.551. The zero-order chi connectivity index (χ0) is 12.4. The molecule has 2 heterocycles. The second-order valence-corrected chi connectivity index (χ2v) is 5.61. The summed E-state index contributed by atoms with van der Waals surface area (Å²) in [6, 6.07) is 0.551. The van der Waals surface area contributed by atoms with Gasteiger partial charge >= 0.3 is 0 Å². The van der Waals surface area contributed by atoms with Crippen molar-refractivity contribution >= 4 is 11.3 Å². The van der Waals surface area contributed by atoms with Gasteiger partial charge in [0, 0.05) is 23.8 Å². The zero-order valence-electron chi connectivity index (χ0n) is 10.7. The monoisotopic (exact) mass is 261 g/mol. The first kappa shape index (κ1) is 11.9. The molecule has 1 atom stereocenters. The summed E-state index contributed by atoms with van der Waals surface area (Å²) in [6.07, 6.45) is 8.40. The lowest BCUT2D eigenvalue weighted by Gasteiger charge is -2.22. The lowest BCUT2D eigenvalue weighted by atomic mass is 9.91. The van der Waals surface area contributed by atoms with Gasteiger partial charge in [-0.1, -0.05) is 6.92 Å². The van der Waals surface area contributed by atoms with Crippen molar-refractivity contribution in [3.63, 3.8) is 0 Å². The van der Waals surface area contributed by atoms with Gasteiger partial charge in [-0.2, -0.15) is 0 Å². The minimum Gasteiger partial charge on any atom is -0.348 e. The fourth-order valence-corrected chi connectivity index (χ4v) is 3.35. The SMILES string of the molecule is CCNC1CCCc2cn(Cc3cscn3)cc21. The topological polar surface area (TPSA) is 29.9 Å². The van der Waals surface area contributed by atoms with E-state index in [4.69, 9.17) is 0 Å². The molecule has 2 aromatic heterocycles. The molecular weight excluding hydrogens is 242 g/mol. The van der Waals surface area contributed by atoms with E-state index in [9.17, 15) is 0 Å². The fourth-order valence-electron chi connectivity index (χ4n) is 2.80.